The van der Waals surface area contributed by atoms with Crippen LogP contribution in [-0.4, -0.2) is 25.2 Å². The number of nitrogens with one attached hydrogen (secondary N) is 1. The first kappa shape index (κ1) is 16.0. The van der Waals surface area contributed by atoms with Gasteiger partial charge in [0.15, 0.2) is 0 Å². The van der Waals surface area contributed by atoms with Crippen LogP contribution in [0.5, 0.6) is 0 Å². The summed E-state index contributed by atoms with van der Waals surface area (Å²) in [5.74, 6) is 0.0536. The number of methoxy groups -OCH3 is 1. The molecular weight excluding hydrogens is 262 g/mol. The van der Waals surface area contributed by atoms with Gasteiger partial charge in [-0.3, -0.25) is 4.79 Å². The zero-order valence-corrected chi connectivity index (χ0v) is 13.2. The van der Waals surface area contributed by atoms with E-state index in [1.54, 1.807) is 7.11 Å². The van der Waals surface area contributed by atoms with Crippen molar-refractivity contribution in [1.29, 1.82) is 0 Å². The summed E-state index contributed by atoms with van der Waals surface area (Å²) in [5, 5.41) is 3.15. The summed E-state index contributed by atoms with van der Waals surface area (Å²) >= 11 is 0. The van der Waals surface area contributed by atoms with Gasteiger partial charge in [0.1, 0.15) is 0 Å². The maximum Gasteiger partial charge on any atom is 0.251 e. The van der Waals surface area contributed by atoms with Crippen LogP contribution in [0.2, 0.25) is 0 Å². The van der Waals surface area contributed by atoms with Crippen molar-refractivity contribution in [2.45, 2.75) is 64.0 Å². The van der Waals surface area contributed by atoms with Crippen LogP contribution in [0.4, 0.5) is 0 Å². The number of ether oxygens (including phenoxy) is 1. The molecule has 0 bridgehead atoms. The Kier molecular flexibility index (Phi) is 6.24. The number of hydrogen-bond donors (Lipinski definition) is 1. The second kappa shape index (κ2) is 8.18. The summed E-state index contributed by atoms with van der Waals surface area (Å²) in [6.07, 6.45) is 7.98. The van der Waals surface area contributed by atoms with Gasteiger partial charge in [0, 0.05) is 18.7 Å². The second-order valence-electron chi connectivity index (χ2n) is 5.98. The van der Waals surface area contributed by atoms with E-state index in [0.29, 0.717) is 12.1 Å². The molecule has 0 spiro atoms. The molecule has 1 N–H and O–H groups in total. The molecule has 0 unspecified atom stereocenters. The van der Waals surface area contributed by atoms with Crippen LogP contribution in [0.3, 0.4) is 0 Å². The highest BCUT2D eigenvalue weighted by atomic mass is 16.5. The van der Waals surface area contributed by atoms with Crippen LogP contribution < -0.4 is 5.32 Å². The molecule has 1 aromatic carbocycles. The van der Waals surface area contributed by atoms with Crippen molar-refractivity contribution in [2.75, 3.05) is 7.11 Å². The van der Waals surface area contributed by atoms with Crippen molar-refractivity contribution in [3.8, 4) is 0 Å². The topological polar surface area (TPSA) is 38.3 Å². The predicted molar refractivity (Wildman–Crippen MR) is 85.6 cm³/mol. The molecule has 1 aliphatic carbocycles. The first-order chi connectivity index (χ1) is 10.2. The molecule has 1 amide bonds. The van der Waals surface area contributed by atoms with Gasteiger partial charge < -0.3 is 10.1 Å². The lowest BCUT2D eigenvalue weighted by Crippen LogP contribution is -2.38. The second-order valence-corrected chi connectivity index (χ2v) is 5.98. The maximum absolute atomic E-state index is 12.2. The van der Waals surface area contributed by atoms with Crippen LogP contribution in [-0.2, 0) is 11.2 Å². The largest absolute Gasteiger partial charge is 0.381 e. The van der Waals surface area contributed by atoms with Crippen LogP contribution in [0.15, 0.2) is 24.3 Å². The molecular formula is C18H27NO2. The van der Waals surface area contributed by atoms with Crippen molar-refractivity contribution in [2.24, 2.45) is 0 Å². The van der Waals surface area contributed by atoms with E-state index < -0.39 is 0 Å². The molecule has 0 radical (unpaired) electrons. The summed E-state index contributed by atoms with van der Waals surface area (Å²) in [6.45, 7) is 2.19. The number of carbonyl (C=O) groups excluding carboxylic acids is 1. The van der Waals surface area contributed by atoms with Gasteiger partial charge in [0.2, 0.25) is 0 Å². The van der Waals surface area contributed by atoms with Crippen LogP contribution in [0, 0.1) is 0 Å². The SMILES string of the molecule is CCCCc1ccc(C(=O)NC2CCC(OC)CC2)cc1. The lowest BCUT2D eigenvalue weighted by molar-refractivity contribution is 0.0599. The monoisotopic (exact) mass is 289 g/mol. The van der Waals surface area contributed by atoms with Gasteiger partial charge in [-0.25, -0.2) is 0 Å². The molecule has 0 aliphatic heterocycles. The molecule has 0 atom stereocenters. The third kappa shape index (κ3) is 4.85. The number of amides is 1. The molecule has 1 fully saturated rings. The normalized spacial score (nSPS) is 22.0. The Morgan fingerprint density at radius 3 is 2.43 bits per heavy atom. The van der Waals surface area contributed by atoms with E-state index in [2.05, 4.69) is 24.4 Å². The fourth-order valence-electron chi connectivity index (χ4n) is 2.92. The van der Waals surface area contributed by atoms with Gasteiger partial charge >= 0.3 is 0 Å². The first-order valence-electron chi connectivity index (χ1n) is 8.15. The summed E-state index contributed by atoms with van der Waals surface area (Å²) < 4.78 is 5.36. The molecule has 3 nitrogen and oxygen atoms in total. The Bertz CT molecular complexity index is 433. The van der Waals surface area contributed by atoms with Gasteiger partial charge in [-0.15, -0.1) is 0 Å². The molecule has 0 aromatic heterocycles. The van der Waals surface area contributed by atoms with Crippen LogP contribution in [0.1, 0.15) is 61.4 Å². The van der Waals surface area contributed by atoms with E-state index in [1.165, 1.54) is 18.4 Å². The maximum atomic E-state index is 12.2. The Balaban J connectivity index is 1.83. The molecule has 0 saturated heterocycles. The fraction of sp³-hybridized carbons (Fsp3) is 0.611. The predicted octanol–water partition coefficient (Wildman–Crippen LogP) is 3.72. The van der Waals surface area contributed by atoms with Crippen LogP contribution >= 0.6 is 0 Å². The summed E-state index contributed by atoms with van der Waals surface area (Å²) in [5.41, 5.74) is 2.08. The smallest absolute Gasteiger partial charge is 0.251 e. The third-order valence-corrected chi connectivity index (χ3v) is 4.38. The van der Waals surface area contributed by atoms with Gasteiger partial charge in [-0.2, -0.15) is 0 Å². The van der Waals surface area contributed by atoms with Gasteiger partial charge in [-0.1, -0.05) is 25.5 Å². The fourth-order valence-corrected chi connectivity index (χ4v) is 2.92. The van der Waals surface area contributed by atoms with Crippen molar-refractivity contribution in [1.82, 2.24) is 5.32 Å². The van der Waals surface area contributed by atoms with Gasteiger partial charge in [0.25, 0.3) is 5.91 Å². The summed E-state index contributed by atoms with van der Waals surface area (Å²) in [6, 6.07) is 8.34. The number of hydrogen-bond acceptors (Lipinski definition) is 2. The zero-order valence-electron chi connectivity index (χ0n) is 13.2. The zero-order chi connectivity index (χ0) is 15.1. The van der Waals surface area contributed by atoms with Crippen molar-refractivity contribution in [3.05, 3.63) is 35.4 Å². The highest BCUT2D eigenvalue weighted by Gasteiger charge is 2.22. The molecule has 2 rings (SSSR count). The highest BCUT2D eigenvalue weighted by Crippen LogP contribution is 2.21. The Labute approximate surface area is 128 Å². The van der Waals surface area contributed by atoms with Gasteiger partial charge in [-0.05, 0) is 56.2 Å². The average molecular weight is 289 g/mol. The quantitative estimate of drug-likeness (QED) is 0.867. The standard InChI is InChI=1S/C18H27NO2/c1-3-4-5-14-6-8-15(9-7-14)18(20)19-16-10-12-17(21-2)13-11-16/h6-9,16-17H,3-5,10-13H2,1-2H3,(H,19,20). The third-order valence-electron chi connectivity index (χ3n) is 4.38. The molecule has 3 heteroatoms. The Morgan fingerprint density at radius 2 is 1.86 bits per heavy atom. The highest BCUT2D eigenvalue weighted by molar-refractivity contribution is 5.94. The van der Waals surface area contributed by atoms with E-state index in [9.17, 15) is 4.79 Å². The minimum absolute atomic E-state index is 0.0536. The average Bonchev–Trinajstić information content (AvgIpc) is 2.54. The molecule has 1 aromatic rings. The number of carbonyl (C=O) groups is 1. The molecule has 1 aliphatic rings. The van der Waals surface area contributed by atoms with Crippen LogP contribution in [0.25, 0.3) is 0 Å². The van der Waals surface area contributed by atoms with Crippen molar-refractivity contribution < 1.29 is 9.53 Å². The lowest BCUT2D eigenvalue weighted by atomic mass is 9.92. The van der Waals surface area contributed by atoms with E-state index in [0.717, 1.165) is 37.7 Å². The molecule has 116 valence electrons. The minimum Gasteiger partial charge on any atom is -0.381 e. The molecule has 21 heavy (non-hydrogen) atoms. The van der Waals surface area contributed by atoms with Gasteiger partial charge in [0.05, 0.1) is 6.10 Å². The Morgan fingerprint density at radius 1 is 1.19 bits per heavy atom. The summed E-state index contributed by atoms with van der Waals surface area (Å²) in [4.78, 5) is 12.2. The lowest BCUT2D eigenvalue weighted by Gasteiger charge is -2.28. The van der Waals surface area contributed by atoms with Crippen molar-refractivity contribution >= 4 is 5.91 Å². The van der Waals surface area contributed by atoms with E-state index in [-0.39, 0.29) is 5.91 Å². The van der Waals surface area contributed by atoms with E-state index in [1.807, 2.05) is 12.1 Å². The minimum atomic E-state index is 0.0536. The summed E-state index contributed by atoms with van der Waals surface area (Å²) in [7, 11) is 1.77. The molecule has 0 heterocycles. The van der Waals surface area contributed by atoms with E-state index in [4.69, 9.17) is 4.74 Å². The Hall–Kier alpha value is -1.35. The number of aryl methyl sites for hydroxylation is 1. The number of benzene rings is 1. The number of rotatable bonds is 6. The van der Waals surface area contributed by atoms with E-state index >= 15 is 0 Å². The molecule has 1 saturated carbocycles. The number of unbranched alkanes of at least 4 members (excludes halogenated alkanes) is 1. The van der Waals surface area contributed by atoms with Crippen molar-refractivity contribution in [3.63, 3.8) is 0 Å². The first-order valence-corrected chi connectivity index (χ1v) is 8.15.